The molecule has 0 spiro atoms. The Morgan fingerprint density at radius 3 is 2.75 bits per heavy atom. The predicted octanol–water partition coefficient (Wildman–Crippen LogP) is 3.13. The van der Waals surface area contributed by atoms with E-state index in [4.69, 9.17) is 10.3 Å². The molecule has 24 heavy (non-hydrogen) atoms. The quantitative estimate of drug-likeness (QED) is 0.394. The van der Waals surface area contributed by atoms with Gasteiger partial charge in [-0.15, -0.1) is 5.10 Å². The van der Waals surface area contributed by atoms with Gasteiger partial charge < -0.3 is 4.74 Å². The number of nitrogens with zero attached hydrogens (tertiary/aromatic N) is 7. The number of hydrogen-bond donors (Lipinski definition) is 0. The fourth-order valence-corrected chi connectivity index (χ4v) is 2.54. The Labute approximate surface area is 136 Å². The first kappa shape index (κ1) is 15.9. The maximum Gasteiger partial charge on any atom is 0.179 e. The minimum absolute atomic E-state index is 0.636. The first-order chi connectivity index (χ1) is 11.8. The number of ether oxygens (including phenoxy) is 1. The molecule has 122 valence electrons. The van der Waals surface area contributed by atoms with Crippen LogP contribution in [0, 0.1) is 0 Å². The number of azide groups is 1. The molecule has 2 heterocycles. The summed E-state index contributed by atoms with van der Waals surface area (Å²) < 4.78 is 19.9. The van der Waals surface area contributed by atoms with Crippen molar-refractivity contribution in [3.63, 3.8) is 0 Å². The Morgan fingerprint density at radius 1 is 1.29 bits per heavy atom. The van der Waals surface area contributed by atoms with Gasteiger partial charge in [-0.2, -0.15) is 0 Å². The maximum absolute atomic E-state index is 13.1. The lowest BCUT2D eigenvalue weighted by Gasteiger charge is -2.20. The first-order valence-electron chi connectivity index (χ1n) is 7.18. The van der Waals surface area contributed by atoms with Gasteiger partial charge in [-0.05, 0) is 44.8 Å². The summed E-state index contributed by atoms with van der Waals surface area (Å²) in [5.74, 6) is 0. The van der Waals surface area contributed by atoms with Crippen molar-refractivity contribution < 1.29 is 9.13 Å². The van der Waals surface area contributed by atoms with E-state index in [1.165, 1.54) is 7.11 Å². The second-order valence-corrected chi connectivity index (χ2v) is 5.10. The van der Waals surface area contributed by atoms with Crippen molar-refractivity contribution in [2.45, 2.75) is 12.1 Å². The normalized spacial score (nSPS) is 13.4. The molecule has 8 nitrogen and oxygen atoms in total. The Hall–Kier alpha value is -3.03. The minimum Gasteiger partial charge on any atom is -0.376 e. The van der Waals surface area contributed by atoms with Crippen molar-refractivity contribution in [2.24, 2.45) is 5.11 Å². The molecule has 2 aromatic heterocycles. The van der Waals surface area contributed by atoms with Gasteiger partial charge in [-0.25, -0.2) is 4.52 Å². The molecule has 0 saturated heterocycles. The van der Waals surface area contributed by atoms with Crippen LogP contribution in [0.1, 0.15) is 11.7 Å². The number of rotatable bonds is 6. The monoisotopic (exact) mass is 327 g/mol. The van der Waals surface area contributed by atoms with Crippen LogP contribution in [-0.4, -0.2) is 39.9 Å². The summed E-state index contributed by atoms with van der Waals surface area (Å²) in [6.07, 6.45) is 1.14. The topological polar surface area (TPSA) is 101 Å². The molecular formula is C15H14FN7O. The SMILES string of the molecule is CO[C@H](c1ccc(-c2ccn3nnnc3c2)cc1)[C@@H](CF)N=[N+]=[N-]. The van der Waals surface area contributed by atoms with Crippen molar-refractivity contribution in [1.29, 1.82) is 0 Å². The highest BCUT2D eigenvalue weighted by atomic mass is 19.1. The molecule has 3 rings (SSSR count). The Balaban J connectivity index is 1.90. The first-order valence-corrected chi connectivity index (χ1v) is 7.18. The van der Waals surface area contributed by atoms with Crippen molar-refractivity contribution >= 4 is 5.65 Å². The van der Waals surface area contributed by atoms with Crippen molar-refractivity contribution in [2.75, 3.05) is 13.8 Å². The predicted molar refractivity (Wildman–Crippen MR) is 84.9 cm³/mol. The molecule has 1 aromatic carbocycles. The largest absolute Gasteiger partial charge is 0.376 e. The Morgan fingerprint density at radius 2 is 2.08 bits per heavy atom. The Bertz CT molecular complexity index is 873. The fourth-order valence-electron chi connectivity index (χ4n) is 2.54. The highest BCUT2D eigenvalue weighted by molar-refractivity contribution is 5.67. The van der Waals surface area contributed by atoms with E-state index in [0.29, 0.717) is 5.65 Å². The lowest BCUT2D eigenvalue weighted by molar-refractivity contribution is 0.0722. The number of pyridine rings is 1. The highest BCUT2D eigenvalue weighted by Crippen LogP contribution is 2.27. The summed E-state index contributed by atoms with van der Waals surface area (Å²) in [6.45, 7) is -0.791. The van der Waals surface area contributed by atoms with Crippen LogP contribution in [0.2, 0.25) is 0 Å². The number of fused-ring (bicyclic) bond motifs is 1. The molecule has 0 amide bonds. The molecule has 2 atom stereocenters. The van der Waals surface area contributed by atoms with Crippen LogP contribution in [-0.2, 0) is 4.74 Å². The molecule has 0 aliphatic heterocycles. The summed E-state index contributed by atoms with van der Waals surface area (Å²) in [7, 11) is 1.46. The lowest BCUT2D eigenvalue weighted by Crippen LogP contribution is -2.20. The van der Waals surface area contributed by atoms with Gasteiger partial charge in [-0.3, -0.25) is 4.39 Å². The average molecular weight is 327 g/mol. The van der Waals surface area contributed by atoms with Crippen molar-refractivity contribution in [3.05, 3.63) is 58.6 Å². The number of alkyl halides is 1. The second-order valence-electron chi connectivity index (χ2n) is 5.10. The van der Waals surface area contributed by atoms with E-state index in [0.717, 1.165) is 16.7 Å². The summed E-state index contributed by atoms with van der Waals surface area (Å²) in [4.78, 5) is 2.67. The number of benzene rings is 1. The standard InChI is InChI=1S/C15H14FN7O/c1-24-15(13(9-16)18-20-17)11-4-2-10(3-5-11)12-6-7-23-14(8-12)19-21-22-23/h2-8,13,15H,9H2,1H3/t13-,15-/m1/s1. The van der Waals surface area contributed by atoms with Crippen LogP contribution in [0.5, 0.6) is 0 Å². The molecule has 0 N–H and O–H groups in total. The number of tetrazole rings is 1. The van der Waals surface area contributed by atoms with Crippen molar-refractivity contribution in [3.8, 4) is 11.1 Å². The molecule has 0 saturated carbocycles. The van der Waals surface area contributed by atoms with Crippen LogP contribution in [0.4, 0.5) is 4.39 Å². The van der Waals surface area contributed by atoms with Gasteiger partial charge in [0, 0.05) is 18.2 Å². The van der Waals surface area contributed by atoms with Gasteiger partial charge >= 0.3 is 0 Å². The lowest BCUT2D eigenvalue weighted by atomic mass is 9.99. The number of methoxy groups -OCH3 is 1. The third-order valence-corrected chi connectivity index (χ3v) is 3.73. The van der Waals surface area contributed by atoms with Gasteiger partial charge in [0.1, 0.15) is 6.67 Å². The van der Waals surface area contributed by atoms with Crippen LogP contribution < -0.4 is 0 Å². The molecular weight excluding hydrogens is 313 g/mol. The van der Waals surface area contributed by atoms with Crippen LogP contribution >= 0.6 is 0 Å². The van der Waals surface area contributed by atoms with E-state index in [9.17, 15) is 4.39 Å². The number of aromatic nitrogens is 4. The molecule has 0 aliphatic carbocycles. The van der Waals surface area contributed by atoms with E-state index >= 15 is 0 Å². The summed E-state index contributed by atoms with van der Waals surface area (Å²) in [5, 5.41) is 14.8. The van der Waals surface area contributed by atoms with E-state index in [-0.39, 0.29) is 0 Å². The maximum atomic E-state index is 13.1. The van der Waals surface area contributed by atoms with Gasteiger partial charge in [0.25, 0.3) is 0 Å². The molecule has 3 aromatic rings. The third-order valence-electron chi connectivity index (χ3n) is 3.73. The van der Waals surface area contributed by atoms with Crippen LogP contribution in [0.3, 0.4) is 0 Å². The zero-order chi connectivity index (χ0) is 16.9. The summed E-state index contributed by atoms with van der Waals surface area (Å²) in [5.41, 5.74) is 11.8. The zero-order valence-electron chi connectivity index (χ0n) is 12.8. The summed E-state index contributed by atoms with van der Waals surface area (Å²) >= 11 is 0. The van der Waals surface area contributed by atoms with Gasteiger partial charge in [-0.1, -0.05) is 29.4 Å². The molecule has 0 bridgehead atoms. The minimum atomic E-state index is -0.899. The van der Waals surface area contributed by atoms with Gasteiger partial charge in [0.2, 0.25) is 0 Å². The molecule has 9 heteroatoms. The van der Waals surface area contributed by atoms with Crippen LogP contribution in [0.15, 0.2) is 47.7 Å². The molecule has 0 fully saturated rings. The van der Waals surface area contributed by atoms with E-state index in [1.807, 2.05) is 36.4 Å². The fraction of sp³-hybridized carbons (Fsp3) is 0.267. The van der Waals surface area contributed by atoms with Crippen molar-refractivity contribution in [1.82, 2.24) is 20.0 Å². The van der Waals surface area contributed by atoms with E-state index < -0.39 is 18.8 Å². The summed E-state index contributed by atoms with van der Waals surface area (Å²) in [6, 6.07) is 10.3. The number of hydrogen-bond acceptors (Lipinski definition) is 5. The second kappa shape index (κ2) is 7.03. The smallest absolute Gasteiger partial charge is 0.179 e. The Kier molecular flexibility index (Phi) is 4.64. The van der Waals surface area contributed by atoms with E-state index in [1.54, 1.807) is 10.7 Å². The average Bonchev–Trinajstić information content (AvgIpc) is 3.10. The molecule has 0 aliphatic rings. The third kappa shape index (κ3) is 3.03. The molecule has 0 radical (unpaired) electrons. The number of halogens is 1. The molecule has 0 unspecified atom stereocenters. The van der Waals surface area contributed by atoms with Gasteiger partial charge in [0.15, 0.2) is 5.65 Å². The van der Waals surface area contributed by atoms with E-state index in [2.05, 4.69) is 25.6 Å². The zero-order valence-corrected chi connectivity index (χ0v) is 12.8. The van der Waals surface area contributed by atoms with Crippen LogP contribution in [0.25, 0.3) is 27.2 Å². The van der Waals surface area contributed by atoms with Gasteiger partial charge in [0.05, 0.1) is 12.1 Å². The highest BCUT2D eigenvalue weighted by Gasteiger charge is 2.22.